The molecule has 0 aromatic rings. The molecule has 0 aliphatic carbocycles. The van der Waals surface area contributed by atoms with Crippen molar-refractivity contribution in [3.8, 4) is 0 Å². The number of thiocarbonyl (C=S) groups is 2. The van der Waals surface area contributed by atoms with Gasteiger partial charge in [0.1, 0.15) is 8.64 Å². The van der Waals surface area contributed by atoms with E-state index in [4.69, 9.17) is 24.4 Å². The summed E-state index contributed by atoms with van der Waals surface area (Å²) in [6.45, 7) is 8.49. The van der Waals surface area contributed by atoms with E-state index in [1.165, 1.54) is 0 Å². The smallest absolute Gasteiger partial charge is 0.147 e. The summed E-state index contributed by atoms with van der Waals surface area (Å²) in [6.07, 6.45) is 0. The van der Waals surface area contributed by atoms with Crippen LogP contribution in [0.15, 0.2) is 0 Å². The zero-order valence-electron chi connectivity index (χ0n) is 12.1. The highest BCUT2D eigenvalue weighted by atomic mass is 33.1. The van der Waals surface area contributed by atoms with Gasteiger partial charge in [-0.25, -0.2) is 0 Å². The average molecular weight is 351 g/mol. The molecule has 0 aromatic carbocycles. The molecule has 2 heterocycles. The van der Waals surface area contributed by atoms with Gasteiger partial charge in [0.05, 0.1) is 0 Å². The number of likely N-dealkylation sites (N-methyl/N-ethyl adjacent to an activating group) is 2. The van der Waals surface area contributed by atoms with Crippen LogP contribution in [0.25, 0.3) is 0 Å². The molecule has 0 saturated carbocycles. The molecule has 114 valence electrons. The van der Waals surface area contributed by atoms with E-state index in [-0.39, 0.29) is 0 Å². The predicted octanol–water partition coefficient (Wildman–Crippen LogP) is 1.43. The Hall–Kier alpha value is 0.400. The topological polar surface area (TPSA) is 13.0 Å². The molecule has 0 amide bonds. The Kier molecular flexibility index (Phi) is 6.83. The first-order valence-corrected chi connectivity index (χ1v) is 9.82. The van der Waals surface area contributed by atoms with E-state index in [0.29, 0.717) is 0 Å². The molecular formula is C12H22N4S4. The highest BCUT2D eigenvalue weighted by molar-refractivity contribution is 8.89. The van der Waals surface area contributed by atoms with Crippen LogP contribution in [-0.4, -0.2) is 94.7 Å². The molecular weight excluding hydrogens is 328 g/mol. The summed E-state index contributed by atoms with van der Waals surface area (Å²) >= 11 is 11.0. The Morgan fingerprint density at radius 1 is 0.650 bits per heavy atom. The van der Waals surface area contributed by atoms with Gasteiger partial charge in [0, 0.05) is 52.4 Å². The van der Waals surface area contributed by atoms with Crippen LogP contribution in [0.5, 0.6) is 0 Å². The summed E-state index contributed by atoms with van der Waals surface area (Å²) in [4.78, 5) is 9.26. The molecule has 2 saturated heterocycles. The molecule has 2 rings (SSSR count). The van der Waals surface area contributed by atoms with Gasteiger partial charge in [-0.05, 0) is 35.7 Å². The van der Waals surface area contributed by atoms with Gasteiger partial charge < -0.3 is 19.6 Å². The maximum Gasteiger partial charge on any atom is 0.147 e. The van der Waals surface area contributed by atoms with Crippen molar-refractivity contribution in [2.75, 3.05) is 66.5 Å². The molecule has 0 radical (unpaired) electrons. The maximum absolute atomic E-state index is 5.51. The van der Waals surface area contributed by atoms with Gasteiger partial charge in [0.2, 0.25) is 0 Å². The van der Waals surface area contributed by atoms with Gasteiger partial charge in [-0.3, -0.25) is 0 Å². The highest BCUT2D eigenvalue weighted by Crippen LogP contribution is 2.29. The monoisotopic (exact) mass is 350 g/mol. The number of rotatable bonds is 0. The van der Waals surface area contributed by atoms with Crippen LogP contribution in [0.4, 0.5) is 0 Å². The zero-order valence-corrected chi connectivity index (χ0v) is 15.3. The number of hydrogen-bond acceptors (Lipinski definition) is 6. The lowest BCUT2D eigenvalue weighted by molar-refractivity contribution is 0.220. The van der Waals surface area contributed by atoms with Crippen molar-refractivity contribution in [3.05, 3.63) is 0 Å². The first kappa shape index (κ1) is 16.8. The van der Waals surface area contributed by atoms with Crippen LogP contribution >= 0.6 is 46.0 Å². The third-order valence-electron chi connectivity index (χ3n) is 3.71. The molecule has 0 aromatic heterocycles. The fourth-order valence-corrected chi connectivity index (χ4v) is 4.91. The van der Waals surface area contributed by atoms with E-state index in [1.54, 1.807) is 21.6 Å². The van der Waals surface area contributed by atoms with Crippen molar-refractivity contribution in [2.24, 2.45) is 0 Å². The molecule has 0 atom stereocenters. The molecule has 0 unspecified atom stereocenters. The van der Waals surface area contributed by atoms with E-state index < -0.39 is 0 Å². The second kappa shape index (κ2) is 8.14. The zero-order chi connectivity index (χ0) is 14.5. The van der Waals surface area contributed by atoms with Crippen molar-refractivity contribution in [1.29, 1.82) is 0 Å². The lowest BCUT2D eigenvalue weighted by Crippen LogP contribution is -2.46. The quantitative estimate of drug-likeness (QED) is 0.475. The van der Waals surface area contributed by atoms with Gasteiger partial charge in [0.25, 0.3) is 0 Å². The standard InChI is InChI=1S/C12H22N4S4/c1-13-3-7-15(8-4-13)11(17)19-20-12(18)16-9-5-14(2)6-10-16/h3-10H2,1-2H3. The van der Waals surface area contributed by atoms with E-state index >= 15 is 0 Å². The molecule has 2 aliphatic heterocycles. The first-order valence-electron chi connectivity index (χ1n) is 6.85. The van der Waals surface area contributed by atoms with Crippen LogP contribution < -0.4 is 0 Å². The number of hydrogen-bond donors (Lipinski definition) is 0. The summed E-state index contributed by atoms with van der Waals surface area (Å²) in [5.41, 5.74) is 0. The molecule has 2 fully saturated rings. The Labute approximate surface area is 140 Å². The highest BCUT2D eigenvalue weighted by Gasteiger charge is 2.20. The van der Waals surface area contributed by atoms with Gasteiger partial charge in [0.15, 0.2) is 0 Å². The average Bonchev–Trinajstić information content (AvgIpc) is 2.46. The third-order valence-corrected chi connectivity index (χ3v) is 7.44. The van der Waals surface area contributed by atoms with E-state index in [9.17, 15) is 0 Å². The summed E-state index contributed by atoms with van der Waals surface area (Å²) in [7, 11) is 7.61. The van der Waals surface area contributed by atoms with E-state index in [1.807, 2.05) is 0 Å². The van der Waals surface area contributed by atoms with Crippen LogP contribution in [0, 0.1) is 0 Å². The second-order valence-corrected chi connectivity index (χ2v) is 8.68. The normalized spacial score (nSPS) is 22.1. The SMILES string of the molecule is CN1CCN(C(=S)SSC(=S)N2CCN(C)CC2)CC1. The minimum Gasteiger partial charge on any atom is -0.354 e. The molecule has 20 heavy (non-hydrogen) atoms. The van der Waals surface area contributed by atoms with Crippen LogP contribution in [0.3, 0.4) is 0 Å². The van der Waals surface area contributed by atoms with Crippen molar-refractivity contribution in [2.45, 2.75) is 0 Å². The third kappa shape index (κ3) is 4.99. The molecule has 0 bridgehead atoms. The van der Waals surface area contributed by atoms with E-state index in [0.717, 1.165) is 61.0 Å². The molecule has 4 nitrogen and oxygen atoms in total. The van der Waals surface area contributed by atoms with Crippen LogP contribution in [0.1, 0.15) is 0 Å². The largest absolute Gasteiger partial charge is 0.354 e. The maximum atomic E-state index is 5.51. The number of nitrogens with zero attached hydrogens (tertiary/aromatic N) is 4. The Balaban J connectivity index is 1.69. The summed E-state index contributed by atoms with van der Waals surface area (Å²) < 4.78 is 1.94. The minimum atomic E-state index is 0.972. The van der Waals surface area contributed by atoms with Gasteiger partial charge in [-0.2, -0.15) is 0 Å². The minimum absolute atomic E-state index is 0.972. The predicted molar refractivity (Wildman–Crippen MR) is 98.5 cm³/mol. The molecule has 0 N–H and O–H groups in total. The fraction of sp³-hybridized carbons (Fsp3) is 0.833. The van der Waals surface area contributed by atoms with Crippen molar-refractivity contribution < 1.29 is 0 Å². The lowest BCUT2D eigenvalue weighted by atomic mass is 10.4. The number of piperazine rings is 2. The molecule has 0 spiro atoms. The molecule has 8 heteroatoms. The van der Waals surface area contributed by atoms with E-state index in [2.05, 4.69) is 33.7 Å². The van der Waals surface area contributed by atoms with Crippen molar-refractivity contribution in [1.82, 2.24) is 19.6 Å². The Morgan fingerprint density at radius 3 is 1.25 bits per heavy atom. The molecule has 2 aliphatic rings. The summed E-state index contributed by atoms with van der Waals surface area (Å²) in [6, 6.07) is 0. The van der Waals surface area contributed by atoms with Crippen LogP contribution in [0.2, 0.25) is 0 Å². The van der Waals surface area contributed by atoms with Crippen molar-refractivity contribution >= 4 is 54.7 Å². The van der Waals surface area contributed by atoms with Crippen molar-refractivity contribution in [3.63, 3.8) is 0 Å². The summed E-state index contributed by atoms with van der Waals surface area (Å²) in [5.74, 6) is 0. The van der Waals surface area contributed by atoms with Gasteiger partial charge >= 0.3 is 0 Å². The second-order valence-electron chi connectivity index (χ2n) is 5.28. The lowest BCUT2D eigenvalue weighted by Gasteiger charge is -2.35. The van der Waals surface area contributed by atoms with Gasteiger partial charge in [-0.15, -0.1) is 0 Å². The Bertz CT molecular complexity index is 315. The Morgan fingerprint density at radius 2 is 0.950 bits per heavy atom. The van der Waals surface area contributed by atoms with Crippen LogP contribution in [-0.2, 0) is 0 Å². The summed E-state index contributed by atoms with van der Waals surface area (Å²) in [5, 5.41) is 0. The first-order chi connectivity index (χ1) is 9.56. The fourth-order valence-electron chi connectivity index (χ4n) is 2.15. The van der Waals surface area contributed by atoms with Gasteiger partial charge in [-0.1, -0.05) is 24.4 Å².